The van der Waals surface area contributed by atoms with Gasteiger partial charge in [0.25, 0.3) is 5.91 Å². The molecular weight excluding hydrogens is 328 g/mol. The van der Waals surface area contributed by atoms with E-state index in [-0.39, 0.29) is 17.2 Å². The summed E-state index contributed by atoms with van der Waals surface area (Å²) in [6, 6.07) is 5.68. The Morgan fingerprint density at radius 2 is 1.69 bits per heavy atom. The van der Waals surface area contributed by atoms with Gasteiger partial charge in [0.05, 0.1) is 11.0 Å². The fourth-order valence-electron chi connectivity index (χ4n) is 3.36. The van der Waals surface area contributed by atoms with E-state index in [2.05, 4.69) is 25.8 Å². The lowest BCUT2D eigenvalue weighted by molar-refractivity contribution is -0.134. The predicted octanol–water partition coefficient (Wildman–Crippen LogP) is 2.60. The number of hydrogen-bond acceptors (Lipinski definition) is 3. The second kappa shape index (κ2) is 6.74. The summed E-state index contributed by atoms with van der Waals surface area (Å²) in [5.41, 5.74) is 2.51. The molecule has 0 saturated carbocycles. The third-order valence-electron chi connectivity index (χ3n) is 4.95. The van der Waals surface area contributed by atoms with Crippen molar-refractivity contribution in [1.29, 1.82) is 0 Å². The lowest BCUT2D eigenvalue weighted by atomic mass is 9.91. The molecule has 0 spiro atoms. The summed E-state index contributed by atoms with van der Waals surface area (Å²) >= 11 is 0. The van der Waals surface area contributed by atoms with E-state index in [0.717, 1.165) is 16.9 Å². The molecule has 0 bridgehead atoms. The first-order chi connectivity index (χ1) is 12.2. The molecule has 0 atom stereocenters. The molecule has 1 aliphatic rings. The summed E-state index contributed by atoms with van der Waals surface area (Å²) in [6.07, 6.45) is 0.538. The average Bonchev–Trinajstić information content (AvgIpc) is 2.86. The van der Waals surface area contributed by atoms with Crippen molar-refractivity contribution in [1.82, 2.24) is 19.4 Å². The molecule has 2 heterocycles. The van der Waals surface area contributed by atoms with Gasteiger partial charge in [-0.15, -0.1) is 0 Å². The third kappa shape index (κ3) is 3.74. The van der Waals surface area contributed by atoms with Crippen LogP contribution in [0.25, 0.3) is 11.0 Å². The first-order valence-electron chi connectivity index (χ1n) is 9.16. The lowest BCUT2D eigenvalue weighted by Gasteiger charge is -2.36. The van der Waals surface area contributed by atoms with E-state index in [4.69, 9.17) is 0 Å². The molecule has 0 unspecified atom stereocenters. The molecule has 0 N–H and O–H groups in total. The summed E-state index contributed by atoms with van der Waals surface area (Å²) in [5, 5.41) is 0. The molecule has 1 aromatic carbocycles. The quantitative estimate of drug-likeness (QED) is 0.831. The summed E-state index contributed by atoms with van der Waals surface area (Å²) in [7, 11) is 1.97. The number of benzene rings is 1. The molecule has 6 nitrogen and oxygen atoms in total. The van der Waals surface area contributed by atoms with Crippen LogP contribution in [0.2, 0.25) is 0 Å². The Bertz CT molecular complexity index is 839. The maximum atomic E-state index is 12.8. The molecule has 1 aromatic heterocycles. The molecule has 1 aliphatic heterocycles. The summed E-state index contributed by atoms with van der Waals surface area (Å²) in [4.78, 5) is 33.4. The van der Waals surface area contributed by atoms with Crippen LogP contribution in [0, 0.1) is 12.3 Å². The topological polar surface area (TPSA) is 58.4 Å². The maximum Gasteiger partial charge on any atom is 0.254 e. The van der Waals surface area contributed by atoms with Gasteiger partial charge in [-0.1, -0.05) is 20.8 Å². The maximum absolute atomic E-state index is 12.8. The van der Waals surface area contributed by atoms with Gasteiger partial charge in [-0.05, 0) is 30.5 Å². The van der Waals surface area contributed by atoms with E-state index in [0.29, 0.717) is 38.2 Å². The zero-order valence-corrected chi connectivity index (χ0v) is 16.4. The van der Waals surface area contributed by atoms with Gasteiger partial charge < -0.3 is 14.4 Å². The van der Waals surface area contributed by atoms with Crippen LogP contribution in [0.4, 0.5) is 0 Å². The van der Waals surface area contributed by atoms with Crippen molar-refractivity contribution in [3.8, 4) is 0 Å². The Kier molecular flexibility index (Phi) is 4.78. The minimum Gasteiger partial charge on any atom is -0.339 e. The normalized spacial score (nSPS) is 15.6. The molecular formula is C20H28N4O2. The molecule has 0 radical (unpaired) electrons. The van der Waals surface area contributed by atoms with Crippen LogP contribution in [0.5, 0.6) is 0 Å². The Morgan fingerprint density at radius 1 is 1.08 bits per heavy atom. The van der Waals surface area contributed by atoms with Crippen LogP contribution in [-0.2, 0) is 11.8 Å². The van der Waals surface area contributed by atoms with E-state index in [1.54, 1.807) is 0 Å². The Hall–Kier alpha value is -2.37. The van der Waals surface area contributed by atoms with Gasteiger partial charge in [-0.2, -0.15) is 0 Å². The summed E-state index contributed by atoms with van der Waals surface area (Å²) in [6.45, 7) is 10.5. The minimum absolute atomic E-state index is 0.0122. The van der Waals surface area contributed by atoms with Gasteiger partial charge in [0, 0.05) is 45.2 Å². The zero-order valence-electron chi connectivity index (χ0n) is 16.4. The van der Waals surface area contributed by atoms with Crippen molar-refractivity contribution in [2.24, 2.45) is 12.5 Å². The van der Waals surface area contributed by atoms with Crippen LogP contribution in [0.15, 0.2) is 18.2 Å². The van der Waals surface area contributed by atoms with Crippen molar-refractivity contribution in [2.45, 2.75) is 34.1 Å². The molecule has 0 aliphatic carbocycles. The van der Waals surface area contributed by atoms with Gasteiger partial charge in [0.2, 0.25) is 5.91 Å². The van der Waals surface area contributed by atoms with Crippen LogP contribution in [0.1, 0.15) is 43.4 Å². The van der Waals surface area contributed by atoms with Crippen molar-refractivity contribution < 1.29 is 9.59 Å². The van der Waals surface area contributed by atoms with Crippen molar-refractivity contribution in [3.05, 3.63) is 29.6 Å². The number of nitrogens with zero attached hydrogens (tertiary/aromatic N) is 4. The lowest BCUT2D eigenvalue weighted by Crippen LogP contribution is -2.51. The summed E-state index contributed by atoms with van der Waals surface area (Å²) in [5.74, 6) is 1.11. The second-order valence-corrected chi connectivity index (χ2v) is 8.33. The van der Waals surface area contributed by atoms with Gasteiger partial charge in [0.1, 0.15) is 5.82 Å². The smallest absolute Gasteiger partial charge is 0.254 e. The van der Waals surface area contributed by atoms with Crippen LogP contribution in [0.3, 0.4) is 0 Å². The molecule has 2 aromatic rings. The number of rotatable bonds is 2. The Labute approximate surface area is 154 Å². The number of fused-ring (bicyclic) bond motifs is 1. The number of amides is 2. The first kappa shape index (κ1) is 18.4. The second-order valence-electron chi connectivity index (χ2n) is 8.33. The number of imidazole rings is 1. The highest BCUT2D eigenvalue weighted by atomic mass is 16.2. The van der Waals surface area contributed by atoms with Gasteiger partial charge >= 0.3 is 0 Å². The number of piperazine rings is 1. The van der Waals surface area contributed by atoms with Gasteiger partial charge in [0.15, 0.2) is 0 Å². The number of carbonyl (C=O) groups is 2. The summed E-state index contributed by atoms with van der Waals surface area (Å²) < 4.78 is 2.02. The number of aromatic nitrogens is 2. The number of carbonyl (C=O) groups excluding carboxylic acids is 2. The largest absolute Gasteiger partial charge is 0.339 e. The van der Waals surface area contributed by atoms with Crippen LogP contribution in [-0.4, -0.2) is 57.3 Å². The standard InChI is InChI=1S/C20H28N4O2/c1-14-21-16-12-15(6-7-17(16)22(14)5)19(26)24-10-8-23(9-11-24)18(25)13-20(2,3)4/h6-7,12H,8-11,13H2,1-5H3. The third-order valence-corrected chi connectivity index (χ3v) is 4.95. The van der Waals surface area contributed by atoms with E-state index in [9.17, 15) is 9.59 Å². The van der Waals surface area contributed by atoms with E-state index in [1.807, 2.05) is 46.5 Å². The first-order valence-corrected chi connectivity index (χ1v) is 9.16. The van der Waals surface area contributed by atoms with E-state index >= 15 is 0 Å². The molecule has 140 valence electrons. The average molecular weight is 356 g/mol. The fraction of sp³-hybridized carbons (Fsp3) is 0.550. The Balaban J connectivity index is 1.66. The van der Waals surface area contributed by atoms with Crippen LogP contribution >= 0.6 is 0 Å². The zero-order chi connectivity index (χ0) is 19.1. The van der Waals surface area contributed by atoms with Gasteiger partial charge in [-0.25, -0.2) is 4.98 Å². The monoisotopic (exact) mass is 356 g/mol. The van der Waals surface area contributed by atoms with Crippen molar-refractivity contribution >= 4 is 22.8 Å². The highest BCUT2D eigenvalue weighted by Crippen LogP contribution is 2.21. The van der Waals surface area contributed by atoms with Crippen LogP contribution < -0.4 is 0 Å². The fourth-order valence-corrected chi connectivity index (χ4v) is 3.36. The van der Waals surface area contributed by atoms with Crippen molar-refractivity contribution in [2.75, 3.05) is 26.2 Å². The van der Waals surface area contributed by atoms with E-state index in [1.165, 1.54) is 0 Å². The molecule has 26 heavy (non-hydrogen) atoms. The highest BCUT2D eigenvalue weighted by molar-refractivity contribution is 5.97. The molecule has 1 saturated heterocycles. The number of hydrogen-bond donors (Lipinski definition) is 0. The SMILES string of the molecule is Cc1nc2cc(C(=O)N3CCN(C(=O)CC(C)(C)C)CC3)ccc2n1C. The molecule has 3 rings (SSSR count). The van der Waals surface area contributed by atoms with Crippen molar-refractivity contribution in [3.63, 3.8) is 0 Å². The predicted molar refractivity (Wildman–Crippen MR) is 102 cm³/mol. The van der Waals surface area contributed by atoms with Gasteiger partial charge in [-0.3, -0.25) is 9.59 Å². The molecule has 1 fully saturated rings. The Morgan fingerprint density at radius 3 is 2.31 bits per heavy atom. The highest BCUT2D eigenvalue weighted by Gasteiger charge is 2.27. The number of aryl methyl sites for hydroxylation is 2. The molecule has 6 heteroatoms. The molecule has 2 amide bonds. The van der Waals surface area contributed by atoms with E-state index < -0.39 is 0 Å². The minimum atomic E-state index is -0.0136.